The van der Waals surface area contributed by atoms with Crippen LogP contribution in [0.1, 0.15) is 46.0 Å². The molecule has 6 nitrogen and oxygen atoms in total. The zero-order chi connectivity index (χ0) is 19.0. The Bertz CT molecular complexity index is 660. The molecule has 0 bridgehead atoms. The number of rotatable bonds is 8. The summed E-state index contributed by atoms with van der Waals surface area (Å²) in [4.78, 5) is 12.1. The van der Waals surface area contributed by atoms with Crippen molar-refractivity contribution >= 4 is 21.7 Å². The minimum Gasteiger partial charge on any atom is -0.336 e. The van der Waals surface area contributed by atoms with Gasteiger partial charge in [0.25, 0.3) is 0 Å². The fraction of sp³-hybridized carbons (Fsp3) is 0.632. The number of nitrogens with zero attached hydrogens (tertiary/aromatic N) is 1. The summed E-state index contributed by atoms with van der Waals surface area (Å²) in [6, 6.07) is 8.74. The van der Waals surface area contributed by atoms with E-state index in [1.165, 1.54) is 0 Å². The van der Waals surface area contributed by atoms with Crippen molar-refractivity contribution in [2.24, 2.45) is 5.92 Å². The summed E-state index contributed by atoms with van der Waals surface area (Å²) in [6.45, 7) is 4.95. The summed E-state index contributed by atoms with van der Waals surface area (Å²) >= 11 is 0. The highest BCUT2D eigenvalue weighted by molar-refractivity contribution is 7.89. The van der Waals surface area contributed by atoms with Crippen LogP contribution in [0.3, 0.4) is 0 Å². The summed E-state index contributed by atoms with van der Waals surface area (Å²) in [6.07, 6.45) is 4.39. The van der Waals surface area contributed by atoms with Crippen molar-refractivity contribution in [3.05, 3.63) is 30.3 Å². The van der Waals surface area contributed by atoms with E-state index in [-0.39, 0.29) is 23.7 Å². The van der Waals surface area contributed by atoms with Crippen molar-refractivity contribution in [1.29, 1.82) is 0 Å². The van der Waals surface area contributed by atoms with Gasteiger partial charge in [0.2, 0.25) is 10.0 Å². The van der Waals surface area contributed by atoms with E-state index < -0.39 is 10.0 Å². The molecule has 0 aromatic heterocycles. The van der Waals surface area contributed by atoms with Crippen molar-refractivity contribution in [3.8, 4) is 0 Å². The molecule has 1 aromatic carbocycles. The second-order valence-corrected chi connectivity index (χ2v) is 8.89. The SMILES string of the molecule is CCC(CC)CS(=O)(=O)N1CCCCC1CNC(=O)Nc1ccccc1. The Morgan fingerprint density at radius 3 is 2.54 bits per heavy atom. The number of para-hydroxylation sites is 1. The van der Waals surface area contributed by atoms with E-state index in [9.17, 15) is 13.2 Å². The van der Waals surface area contributed by atoms with Crippen LogP contribution in [0.2, 0.25) is 0 Å². The van der Waals surface area contributed by atoms with E-state index in [1.54, 1.807) is 4.31 Å². The highest BCUT2D eigenvalue weighted by Gasteiger charge is 2.33. The van der Waals surface area contributed by atoms with Gasteiger partial charge in [0.05, 0.1) is 5.75 Å². The Kier molecular flexibility index (Phi) is 7.90. The molecule has 7 heteroatoms. The Morgan fingerprint density at radius 1 is 1.19 bits per heavy atom. The zero-order valence-electron chi connectivity index (χ0n) is 15.8. The van der Waals surface area contributed by atoms with Crippen molar-refractivity contribution in [3.63, 3.8) is 0 Å². The topological polar surface area (TPSA) is 78.5 Å². The van der Waals surface area contributed by atoms with Crippen molar-refractivity contribution < 1.29 is 13.2 Å². The molecule has 26 heavy (non-hydrogen) atoms. The number of nitrogens with one attached hydrogen (secondary N) is 2. The minimum atomic E-state index is -3.30. The van der Waals surface area contributed by atoms with Crippen LogP contribution >= 0.6 is 0 Å². The third kappa shape index (κ3) is 5.99. The second-order valence-electron chi connectivity index (χ2n) is 6.92. The highest BCUT2D eigenvalue weighted by Crippen LogP contribution is 2.23. The quantitative estimate of drug-likeness (QED) is 0.724. The molecule has 1 unspecified atom stereocenters. The first kappa shape index (κ1) is 20.7. The monoisotopic (exact) mass is 381 g/mol. The fourth-order valence-electron chi connectivity index (χ4n) is 3.37. The molecule has 1 aliphatic heterocycles. The average molecular weight is 382 g/mol. The van der Waals surface area contributed by atoms with Gasteiger partial charge in [-0.15, -0.1) is 0 Å². The van der Waals surface area contributed by atoms with E-state index in [0.717, 1.165) is 32.1 Å². The first-order valence-corrected chi connectivity index (χ1v) is 11.2. The number of anilines is 1. The summed E-state index contributed by atoms with van der Waals surface area (Å²) in [5.74, 6) is 0.393. The molecular formula is C19H31N3O3S. The first-order valence-electron chi connectivity index (χ1n) is 9.55. The average Bonchev–Trinajstić information content (AvgIpc) is 2.65. The number of benzene rings is 1. The van der Waals surface area contributed by atoms with Crippen molar-refractivity contribution in [2.75, 3.05) is 24.2 Å². The Balaban J connectivity index is 1.94. The zero-order valence-corrected chi connectivity index (χ0v) is 16.6. The number of piperidine rings is 1. The van der Waals surface area contributed by atoms with Gasteiger partial charge in [-0.1, -0.05) is 51.3 Å². The lowest BCUT2D eigenvalue weighted by molar-refractivity contribution is 0.230. The molecule has 1 aromatic rings. The Labute approximate surface area is 157 Å². The summed E-state index contributed by atoms with van der Waals surface area (Å²) in [5.41, 5.74) is 0.715. The molecule has 1 atom stereocenters. The van der Waals surface area contributed by atoms with Crippen LogP contribution in [0, 0.1) is 5.92 Å². The molecule has 0 spiro atoms. The van der Waals surface area contributed by atoms with Gasteiger partial charge < -0.3 is 10.6 Å². The predicted molar refractivity (Wildman–Crippen MR) is 106 cm³/mol. The molecule has 1 aliphatic rings. The van der Waals surface area contributed by atoms with Crippen LogP contribution in [0.4, 0.5) is 10.5 Å². The molecule has 2 amide bonds. The van der Waals surface area contributed by atoms with Gasteiger partial charge in [0.1, 0.15) is 0 Å². The number of hydrogen-bond acceptors (Lipinski definition) is 3. The lowest BCUT2D eigenvalue weighted by atomic mass is 10.1. The van der Waals surface area contributed by atoms with Gasteiger partial charge in [-0.2, -0.15) is 4.31 Å². The van der Waals surface area contributed by atoms with Crippen LogP contribution in [0.15, 0.2) is 30.3 Å². The van der Waals surface area contributed by atoms with Gasteiger partial charge in [-0.3, -0.25) is 0 Å². The standard InChI is InChI=1S/C19H31N3O3S/c1-3-16(4-2)15-26(24,25)22-13-9-8-12-18(22)14-20-19(23)21-17-10-6-5-7-11-17/h5-7,10-11,16,18H,3-4,8-9,12-15H2,1-2H3,(H2,20,21,23). The van der Waals surface area contributed by atoms with Crippen molar-refractivity contribution in [2.45, 2.75) is 52.0 Å². The van der Waals surface area contributed by atoms with Crippen LogP contribution in [0.25, 0.3) is 0 Å². The first-order chi connectivity index (χ1) is 12.5. The predicted octanol–water partition coefficient (Wildman–Crippen LogP) is 3.43. The van der Waals surface area contributed by atoms with Crippen LogP contribution < -0.4 is 10.6 Å². The lowest BCUT2D eigenvalue weighted by Crippen LogP contribution is -2.51. The van der Waals surface area contributed by atoms with Crippen LogP contribution in [0.5, 0.6) is 0 Å². The Hall–Kier alpha value is -1.60. The minimum absolute atomic E-state index is 0.162. The third-order valence-electron chi connectivity index (χ3n) is 5.06. The van der Waals surface area contributed by atoms with Crippen LogP contribution in [-0.2, 0) is 10.0 Å². The molecule has 2 N–H and O–H groups in total. The highest BCUT2D eigenvalue weighted by atomic mass is 32.2. The largest absolute Gasteiger partial charge is 0.336 e. The molecule has 146 valence electrons. The number of carbonyl (C=O) groups is 1. The van der Waals surface area contributed by atoms with Crippen LogP contribution in [-0.4, -0.2) is 43.6 Å². The molecule has 1 saturated heterocycles. The van der Waals surface area contributed by atoms with Gasteiger partial charge in [0.15, 0.2) is 0 Å². The molecule has 0 radical (unpaired) electrons. The molecule has 1 heterocycles. The fourth-order valence-corrected chi connectivity index (χ4v) is 5.67. The molecule has 2 rings (SSSR count). The molecular weight excluding hydrogens is 350 g/mol. The van der Waals surface area contributed by atoms with Gasteiger partial charge >= 0.3 is 6.03 Å². The number of hydrogen-bond donors (Lipinski definition) is 2. The molecule has 1 fully saturated rings. The molecule has 0 aliphatic carbocycles. The number of sulfonamides is 1. The van der Waals surface area contributed by atoms with E-state index in [4.69, 9.17) is 0 Å². The summed E-state index contributed by atoms with van der Waals surface area (Å²) in [7, 11) is -3.30. The maximum Gasteiger partial charge on any atom is 0.319 e. The van der Waals surface area contributed by atoms with E-state index >= 15 is 0 Å². The van der Waals surface area contributed by atoms with Gasteiger partial charge in [-0.05, 0) is 30.9 Å². The van der Waals surface area contributed by atoms with E-state index in [1.807, 2.05) is 44.2 Å². The number of amides is 2. The summed E-state index contributed by atoms with van der Waals surface area (Å²) in [5, 5.41) is 5.60. The summed E-state index contributed by atoms with van der Waals surface area (Å²) < 4.78 is 27.3. The van der Waals surface area contributed by atoms with Crippen molar-refractivity contribution in [1.82, 2.24) is 9.62 Å². The van der Waals surface area contributed by atoms with E-state index in [0.29, 0.717) is 18.8 Å². The number of urea groups is 1. The maximum atomic E-state index is 12.9. The molecule has 0 saturated carbocycles. The Morgan fingerprint density at radius 2 is 1.88 bits per heavy atom. The normalized spacial score (nSPS) is 18.7. The number of carbonyl (C=O) groups excluding carboxylic acids is 1. The maximum absolute atomic E-state index is 12.9. The van der Waals surface area contributed by atoms with Gasteiger partial charge in [-0.25, -0.2) is 13.2 Å². The smallest absolute Gasteiger partial charge is 0.319 e. The lowest BCUT2D eigenvalue weighted by Gasteiger charge is -2.35. The third-order valence-corrected chi connectivity index (χ3v) is 7.15. The van der Waals surface area contributed by atoms with E-state index in [2.05, 4.69) is 10.6 Å². The van der Waals surface area contributed by atoms with Gasteiger partial charge in [0, 0.05) is 24.8 Å². The second kappa shape index (κ2) is 9.92.